The Morgan fingerprint density at radius 1 is 1.27 bits per heavy atom. The van der Waals surface area contributed by atoms with Crippen molar-refractivity contribution < 1.29 is 45.8 Å². The first kappa shape index (κ1) is 29.1. The normalized spacial score (nSPS) is 17.8. The molecule has 2 aromatic carbocycles. The molecular formula is C22H23F3N6O7S2. The summed E-state index contributed by atoms with van der Waals surface area (Å²) in [4.78, 5) is 30.2. The van der Waals surface area contributed by atoms with Gasteiger partial charge in [-0.05, 0) is 30.3 Å². The van der Waals surface area contributed by atoms with Gasteiger partial charge in [0.05, 0.1) is 40.0 Å². The van der Waals surface area contributed by atoms with Gasteiger partial charge in [0.2, 0.25) is 15.8 Å². The molecule has 13 nitrogen and oxygen atoms in total. The number of nitrogens with one attached hydrogen (secondary N) is 3. The largest absolute Gasteiger partial charge is 0.573 e. The average molecular weight is 605 g/mol. The van der Waals surface area contributed by atoms with Gasteiger partial charge >= 0.3 is 12.3 Å². The first-order valence-electron chi connectivity index (χ1n) is 11.3. The Kier molecular flexibility index (Phi) is 7.72. The molecule has 3 aromatic rings. The molecule has 0 radical (unpaired) electrons. The molecule has 2 unspecified atom stereocenters. The number of sulfonamides is 1. The molecule has 1 aliphatic heterocycles. The van der Waals surface area contributed by atoms with Gasteiger partial charge in [-0.25, -0.2) is 22.9 Å². The number of fused-ring (bicyclic) bond motifs is 2. The summed E-state index contributed by atoms with van der Waals surface area (Å²) in [6.07, 6.45) is -5.47. The van der Waals surface area contributed by atoms with E-state index >= 15 is 0 Å². The Hall–Kier alpha value is -3.87. The lowest BCUT2D eigenvalue weighted by molar-refractivity contribution is -0.274. The smallest absolute Gasteiger partial charge is 0.478 e. The second-order valence-electron chi connectivity index (χ2n) is 8.63. The number of primary amides is 1. The number of hydrogen-bond acceptors (Lipinski definition) is 11. The van der Waals surface area contributed by atoms with Gasteiger partial charge in [0, 0.05) is 19.7 Å². The van der Waals surface area contributed by atoms with Crippen molar-refractivity contribution in [1.29, 1.82) is 0 Å². The number of alkyl halides is 3. The number of ether oxygens (including phenoxy) is 2. The van der Waals surface area contributed by atoms with Crippen molar-refractivity contribution >= 4 is 60.0 Å². The lowest BCUT2D eigenvalue weighted by atomic mass is 10.1. The molecule has 0 saturated carbocycles. The highest BCUT2D eigenvalue weighted by Gasteiger charge is 2.52. The molecule has 2 atom stereocenters. The minimum Gasteiger partial charge on any atom is -0.478 e. The van der Waals surface area contributed by atoms with Crippen LogP contribution < -0.4 is 30.7 Å². The third-order valence-corrected chi connectivity index (χ3v) is 7.40. The summed E-state index contributed by atoms with van der Waals surface area (Å²) >= 11 is 0.943. The van der Waals surface area contributed by atoms with Crippen LogP contribution in [-0.2, 0) is 19.6 Å². The number of aromatic carboxylic acids is 1. The van der Waals surface area contributed by atoms with E-state index in [0.29, 0.717) is 21.6 Å². The second kappa shape index (κ2) is 10.6. The summed E-state index contributed by atoms with van der Waals surface area (Å²) in [6.45, 7) is -0.476. The van der Waals surface area contributed by atoms with Crippen molar-refractivity contribution in [3.05, 3.63) is 42.0 Å². The zero-order valence-electron chi connectivity index (χ0n) is 20.8. The number of aromatic nitrogens is 1. The Bertz CT molecular complexity index is 1570. The van der Waals surface area contributed by atoms with Crippen LogP contribution in [0.5, 0.6) is 5.75 Å². The average Bonchev–Trinajstić information content (AvgIpc) is 3.34. The maximum absolute atomic E-state index is 12.7. The summed E-state index contributed by atoms with van der Waals surface area (Å²) in [6, 6.07) is 7.76. The van der Waals surface area contributed by atoms with Gasteiger partial charge in [-0.15, -0.1) is 13.2 Å². The van der Waals surface area contributed by atoms with E-state index in [1.165, 1.54) is 29.2 Å². The second-order valence-corrected chi connectivity index (χ2v) is 11.5. The number of thiazole rings is 1. The first-order chi connectivity index (χ1) is 18.6. The van der Waals surface area contributed by atoms with E-state index in [0.717, 1.165) is 29.7 Å². The van der Waals surface area contributed by atoms with E-state index in [2.05, 4.69) is 25.1 Å². The molecule has 1 aliphatic rings. The highest BCUT2D eigenvalue weighted by atomic mass is 32.2. The van der Waals surface area contributed by atoms with Crippen molar-refractivity contribution in [2.45, 2.75) is 18.3 Å². The van der Waals surface area contributed by atoms with Gasteiger partial charge in [-0.3, -0.25) is 4.79 Å². The van der Waals surface area contributed by atoms with E-state index in [1.807, 2.05) is 0 Å². The molecule has 0 saturated heterocycles. The lowest BCUT2D eigenvalue weighted by Crippen LogP contribution is -2.67. The number of halogens is 3. The molecule has 216 valence electrons. The number of carboxylic acids is 1. The van der Waals surface area contributed by atoms with Crippen molar-refractivity contribution in [2.24, 2.45) is 5.73 Å². The van der Waals surface area contributed by atoms with Crippen LogP contribution in [0.25, 0.3) is 10.2 Å². The molecule has 0 spiro atoms. The third kappa shape index (κ3) is 6.30. The fourth-order valence-corrected chi connectivity index (χ4v) is 5.50. The summed E-state index contributed by atoms with van der Waals surface area (Å²) in [5, 5.41) is 15.6. The number of amides is 1. The molecule has 0 aliphatic carbocycles. The highest BCUT2D eigenvalue weighted by Crippen LogP contribution is 2.43. The van der Waals surface area contributed by atoms with Crippen LogP contribution in [0.3, 0.4) is 0 Å². The van der Waals surface area contributed by atoms with Gasteiger partial charge in [0.15, 0.2) is 11.2 Å². The van der Waals surface area contributed by atoms with Crippen molar-refractivity contribution in [2.75, 3.05) is 42.0 Å². The maximum atomic E-state index is 12.7. The minimum absolute atomic E-state index is 0.0541. The van der Waals surface area contributed by atoms with Gasteiger partial charge in [-0.1, -0.05) is 11.3 Å². The van der Waals surface area contributed by atoms with Crippen molar-refractivity contribution in [3.8, 4) is 5.75 Å². The number of rotatable bonds is 11. The van der Waals surface area contributed by atoms with Crippen LogP contribution in [0, 0.1) is 0 Å². The van der Waals surface area contributed by atoms with E-state index in [-0.39, 0.29) is 23.8 Å². The van der Waals surface area contributed by atoms with Crippen LogP contribution in [0.2, 0.25) is 0 Å². The van der Waals surface area contributed by atoms with Crippen molar-refractivity contribution in [1.82, 2.24) is 9.71 Å². The molecule has 2 heterocycles. The lowest BCUT2D eigenvalue weighted by Gasteiger charge is -2.42. The molecule has 18 heteroatoms. The number of carbonyl (C=O) groups excluding carboxylic acids is 1. The van der Waals surface area contributed by atoms with Crippen LogP contribution in [0.15, 0.2) is 36.4 Å². The highest BCUT2D eigenvalue weighted by molar-refractivity contribution is 7.88. The summed E-state index contributed by atoms with van der Waals surface area (Å²) in [7, 11) is -2.00. The van der Waals surface area contributed by atoms with Crippen LogP contribution >= 0.6 is 11.3 Å². The van der Waals surface area contributed by atoms with Gasteiger partial charge < -0.3 is 35.8 Å². The van der Waals surface area contributed by atoms with Crippen LogP contribution in [-0.4, -0.2) is 75.1 Å². The predicted molar refractivity (Wildman–Crippen MR) is 140 cm³/mol. The number of anilines is 3. The summed E-state index contributed by atoms with van der Waals surface area (Å²) in [5.74, 6) is -4.35. The topological polar surface area (TPSA) is 185 Å². The Morgan fingerprint density at radius 3 is 2.62 bits per heavy atom. The number of nitrogens with two attached hydrogens (primary N) is 1. The molecular weight excluding hydrogens is 581 g/mol. The fraction of sp³-hybridized carbons (Fsp3) is 0.318. The molecule has 1 aromatic heterocycles. The zero-order valence-corrected chi connectivity index (χ0v) is 22.4. The molecule has 4 rings (SSSR count). The molecule has 1 amide bonds. The number of hydrogen-bond donors (Lipinski definition) is 5. The SMILES string of the molecule is CN1c2ccc(C(=O)O)cc2NC1(Nc1nc2ccc(OC(F)(F)F)cc2s1)C(OCCNS(C)(=O)=O)C(N)=O. The first-order valence-corrected chi connectivity index (χ1v) is 14.0. The van der Waals surface area contributed by atoms with Crippen LogP contribution in [0.4, 0.5) is 29.7 Å². The van der Waals surface area contributed by atoms with E-state index in [1.54, 1.807) is 7.05 Å². The summed E-state index contributed by atoms with van der Waals surface area (Å²) < 4.78 is 73.2. The molecule has 6 N–H and O–H groups in total. The van der Waals surface area contributed by atoms with Gasteiger partial charge in [-0.2, -0.15) is 0 Å². The Balaban J connectivity index is 1.73. The molecule has 0 fully saturated rings. The fourth-order valence-electron chi connectivity index (χ4n) is 4.09. The third-order valence-electron chi connectivity index (χ3n) is 5.74. The summed E-state index contributed by atoms with van der Waals surface area (Å²) in [5.41, 5.74) is 6.71. The zero-order chi connectivity index (χ0) is 29.5. The molecule has 40 heavy (non-hydrogen) atoms. The Labute approximate surface area is 229 Å². The monoisotopic (exact) mass is 604 g/mol. The van der Waals surface area contributed by atoms with E-state index < -0.39 is 45.9 Å². The quantitative estimate of drug-likeness (QED) is 0.202. The number of carboxylic acid groups (broad SMARTS) is 1. The standard InChI is InChI=1S/C22H23F3N6O7S2/c1-31-15-6-3-11(19(33)34)9-14(15)29-21(31,17(18(26)32)37-8-7-27-40(2,35)36)30-20-28-13-5-4-12(10-16(13)39-20)38-22(23,24)25/h3-6,9-10,17,27,29H,7-8H2,1-2H3,(H2,26,32)(H,28,30)(H,33,34). The number of carbonyl (C=O) groups is 2. The van der Waals surface area contributed by atoms with Gasteiger partial charge in [0.25, 0.3) is 5.91 Å². The maximum Gasteiger partial charge on any atom is 0.573 e. The molecule has 0 bridgehead atoms. The van der Waals surface area contributed by atoms with Crippen molar-refractivity contribution in [3.63, 3.8) is 0 Å². The minimum atomic E-state index is -4.89. The number of benzene rings is 2. The Morgan fingerprint density at radius 2 is 2.00 bits per heavy atom. The van der Waals surface area contributed by atoms with E-state index in [4.69, 9.17) is 10.5 Å². The predicted octanol–water partition coefficient (Wildman–Crippen LogP) is 1.94. The van der Waals surface area contributed by atoms with Crippen LogP contribution in [0.1, 0.15) is 10.4 Å². The number of likely N-dealkylation sites (N-methyl/N-ethyl adjacent to an activating group) is 1. The number of nitrogens with zero attached hydrogens (tertiary/aromatic N) is 2. The van der Waals surface area contributed by atoms with E-state index in [9.17, 15) is 36.3 Å². The van der Waals surface area contributed by atoms with Gasteiger partial charge in [0.1, 0.15) is 5.75 Å².